The molecule has 0 atom stereocenters. The third kappa shape index (κ3) is 3.79. The molecule has 0 amide bonds. The average Bonchev–Trinajstić information content (AvgIpc) is 2.35. The Kier molecular flexibility index (Phi) is 4.51. The van der Waals surface area contributed by atoms with Crippen molar-refractivity contribution in [1.29, 1.82) is 0 Å². The minimum absolute atomic E-state index is 0.157. The van der Waals surface area contributed by atoms with E-state index in [1.807, 2.05) is 12.1 Å². The smallest absolute Gasteiger partial charge is 0.123 e. The zero-order chi connectivity index (χ0) is 12.1. The standard InChI is InChI=1S/C14H21FN2/c15-14-3-1-13(2-4-14)11-17-9-6-12(5-8-16)7-10-17/h1-4,12H,5-11,16H2. The highest BCUT2D eigenvalue weighted by Crippen LogP contribution is 2.21. The van der Waals surface area contributed by atoms with Crippen LogP contribution in [0.1, 0.15) is 24.8 Å². The van der Waals surface area contributed by atoms with Crippen LogP contribution in [0.25, 0.3) is 0 Å². The second-order valence-corrected chi connectivity index (χ2v) is 4.92. The Morgan fingerprint density at radius 2 is 1.82 bits per heavy atom. The Morgan fingerprint density at radius 1 is 1.18 bits per heavy atom. The largest absolute Gasteiger partial charge is 0.330 e. The predicted molar refractivity (Wildman–Crippen MR) is 68.1 cm³/mol. The maximum absolute atomic E-state index is 12.8. The van der Waals surface area contributed by atoms with Crippen molar-refractivity contribution in [3.8, 4) is 0 Å². The third-order valence-corrected chi connectivity index (χ3v) is 3.60. The number of hydrogen-bond donors (Lipinski definition) is 1. The number of piperidine rings is 1. The summed E-state index contributed by atoms with van der Waals surface area (Å²) < 4.78 is 12.8. The first kappa shape index (κ1) is 12.5. The molecular formula is C14H21FN2. The maximum Gasteiger partial charge on any atom is 0.123 e. The summed E-state index contributed by atoms with van der Waals surface area (Å²) >= 11 is 0. The monoisotopic (exact) mass is 236 g/mol. The number of halogens is 1. The molecule has 0 spiro atoms. The second kappa shape index (κ2) is 6.12. The summed E-state index contributed by atoms with van der Waals surface area (Å²) in [7, 11) is 0. The summed E-state index contributed by atoms with van der Waals surface area (Å²) in [5, 5.41) is 0. The molecule has 1 fully saturated rings. The zero-order valence-corrected chi connectivity index (χ0v) is 10.2. The lowest BCUT2D eigenvalue weighted by Gasteiger charge is -2.31. The highest BCUT2D eigenvalue weighted by Gasteiger charge is 2.18. The highest BCUT2D eigenvalue weighted by atomic mass is 19.1. The van der Waals surface area contributed by atoms with E-state index in [2.05, 4.69) is 4.90 Å². The fourth-order valence-electron chi connectivity index (χ4n) is 2.52. The first-order valence-corrected chi connectivity index (χ1v) is 6.45. The van der Waals surface area contributed by atoms with Crippen LogP contribution in [0.2, 0.25) is 0 Å². The van der Waals surface area contributed by atoms with Gasteiger partial charge in [0, 0.05) is 6.54 Å². The molecule has 2 nitrogen and oxygen atoms in total. The van der Waals surface area contributed by atoms with Gasteiger partial charge < -0.3 is 5.73 Å². The molecule has 1 aromatic rings. The maximum atomic E-state index is 12.8. The van der Waals surface area contributed by atoms with Gasteiger partial charge in [-0.2, -0.15) is 0 Å². The summed E-state index contributed by atoms with van der Waals surface area (Å²) in [5.41, 5.74) is 6.78. The predicted octanol–water partition coefficient (Wildman–Crippen LogP) is 2.39. The van der Waals surface area contributed by atoms with Gasteiger partial charge in [0.1, 0.15) is 5.82 Å². The quantitative estimate of drug-likeness (QED) is 0.869. The molecule has 17 heavy (non-hydrogen) atoms. The molecule has 0 aromatic heterocycles. The second-order valence-electron chi connectivity index (χ2n) is 4.92. The molecule has 0 saturated carbocycles. The van der Waals surface area contributed by atoms with Gasteiger partial charge in [0.15, 0.2) is 0 Å². The number of benzene rings is 1. The first-order valence-electron chi connectivity index (χ1n) is 6.45. The van der Waals surface area contributed by atoms with Crippen LogP contribution in [0.4, 0.5) is 4.39 Å². The van der Waals surface area contributed by atoms with Crippen molar-refractivity contribution in [2.45, 2.75) is 25.8 Å². The molecule has 0 radical (unpaired) electrons. The van der Waals surface area contributed by atoms with E-state index in [0.29, 0.717) is 0 Å². The Labute approximate surface area is 103 Å². The summed E-state index contributed by atoms with van der Waals surface area (Å²) in [6, 6.07) is 6.83. The lowest BCUT2D eigenvalue weighted by Crippen LogP contribution is -2.33. The van der Waals surface area contributed by atoms with Crippen molar-refractivity contribution in [2.24, 2.45) is 11.7 Å². The molecular weight excluding hydrogens is 215 g/mol. The first-order chi connectivity index (χ1) is 8.28. The number of hydrogen-bond acceptors (Lipinski definition) is 2. The fraction of sp³-hybridized carbons (Fsp3) is 0.571. The van der Waals surface area contributed by atoms with Gasteiger partial charge in [-0.25, -0.2) is 4.39 Å². The van der Waals surface area contributed by atoms with Gasteiger partial charge in [0.25, 0.3) is 0 Å². The van der Waals surface area contributed by atoms with Crippen molar-refractivity contribution in [1.82, 2.24) is 4.90 Å². The SMILES string of the molecule is NCCC1CCN(Cc2ccc(F)cc2)CC1. The van der Waals surface area contributed by atoms with E-state index >= 15 is 0 Å². The summed E-state index contributed by atoms with van der Waals surface area (Å²) in [5.74, 6) is 0.653. The van der Waals surface area contributed by atoms with E-state index in [1.54, 1.807) is 0 Å². The molecule has 2 rings (SSSR count). The minimum atomic E-state index is -0.157. The van der Waals surface area contributed by atoms with E-state index in [4.69, 9.17) is 5.73 Å². The van der Waals surface area contributed by atoms with Gasteiger partial charge in [-0.3, -0.25) is 4.90 Å². The Morgan fingerprint density at radius 3 is 2.41 bits per heavy atom. The lowest BCUT2D eigenvalue weighted by molar-refractivity contribution is 0.173. The van der Waals surface area contributed by atoms with Crippen molar-refractivity contribution in [3.63, 3.8) is 0 Å². The Balaban J connectivity index is 1.79. The van der Waals surface area contributed by atoms with E-state index in [0.717, 1.165) is 38.5 Å². The van der Waals surface area contributed by atoms with Gasteiger partial charge in [-0.15, -0.1) is 0 Å². The molecule has 94 valence electrons. The van der Waals surface area contributed by atoms with Crippen LogP contribution in [0.3, 0.4) is 0 Å². The van der Waals surface area contributed by atoms with Gasteiger partial charge >= 0.3 is 0 Å². The van der Waals surface area contributed by atoms with Crippen LogP contribution in [0.15, 0.2) is 24.3 Å². The van der Waals surface area contributed by atoms with Gasteiger partial charge in [-0.05, 0) is 62.5 Å². The van der Waals surface area contributed by atoms with E-state index in [1.165, 1.54) is 30.5 Å². The van der Waals surface area contributed by atoms with Crippen LogP contribution in [0.5, 0.6) is 0 Å². The normalized spacial score (nSPS) is 18.5. The van der Waals surface area contributed by atoms with Gasteiger partial charge in [-0.1, -0.05) is 12.1 Å². The van der Waals surface area contributed by atoms with Crippen LogP contribution in [-0.2, 0) is 6.54 Å². The molecule has 1 aromatic carbocycles. The number of nitrogens with two attached hydrogens (primary N) is 1. The molecule has 0 unspecified atom stereocenters. The molecule has 3 heteroatoms. The minimum Gasteiger partial charge on any atom is -0.330 e. The molecule has 1 saturated heterocycles. The third-order valence-electron chi connectivity index (χ3n) is 3.60. The topological polar surface area (TPSA) is 29.3 Å². The number of rotatable bonds is 4. The zero-order valence-electron chi connectivity index (χ0n) is 10.2. The molecule has 0 bridgehead atoms. The summed E-state index contributed by atoms with van der Waals surface area (Å²) in [6.45, 7) is 4.03. The Bertz CT molecular complexity index is 329. The van der Waals surface area contributed by atoms with Crippen molar-refractivity contribution >= 4 is 0 Å². The van der Waals surface area contributed by atoms with Crippen molar-refractivity contribution in [2.75, 3.05) is 19.6 Å². The van der Waals surface area contributed by atoms with Crippen molar-refractivity contribution in [3.05, 3.63) is 35.6 Å². The summed E-state index contributed by atoms with van der Waals surface area (Å²) in [4.78, 5) is 2.44. The van der Waals surface area contributed by atoms with E-state index in [-0.39, 0.29) is 5.82 Å². The molecule has 2 N–H and O–H groups in total. The van der Waals surface area contributed by atoms with Crippen LogP contribution in [0, 0.1) is 11.7 Å². The molecule has 1 aliphatic heterocycles. The van der Waals surface area contributed by atoms with Crippen LogP contribution in [-0.4, -0.2) is 24.5 Å². The average molecular weight is 236 g/mol. The molecule has 1 aliphatic rings. The highest BCUT2D eigenvalue weighted by molar-refractivity contribution is 5.15. The molecule has 0 aliphatic carbocycles. The van der Waals surface area contributed by atoms with Crippen molar-refractivity contribution < 1.29 is 4.39 Å². The number of likely N-dealkylation sites (tertiary alicyclic amines) is 1. The van der Waals surface area contributed by atoms with E-state index in [9.17, 15) is 4.39 Å². The molecule has 1 heterocycles. The van der Waals surface area contributed by atoms with Gasteiger partial charge in [0.05, 0.1) is 0 Å². The lowest BCUT2D eigenvalue weighted by atomic mass is 9.93. The Hall–Kier alpha value is -0.930. The van der Waals surface area contributed by atoms with Crippen LogP contribution < -0.4 is 5.73 Å². The van der Waals surface area contributed by atoms with Gasteiger partial charge in [0.2, 0.25) is 0 Å². The number of nitrogens with zero attached hydrogens (tertiary/aromatic N) is 1. The fourth-order valence-corrected chi connectivity index (χ4v) is 2.52. The van der Waals surface area contributed by atoms with E-state index < -0.39 is 0 Å². The summed E-state index contributed by atoms with van der Waals surface area (Å²) in [6.07, 6.45) is 3.65. The van der Waals surface area contributed by atoms with Crippen LogP contribution >= 0.6 is 0 Å².